The first-order chi connectivity index (χ1) is 7.65. The molecule has 0 heterocycles. The van der Waals surface area contributed by atoms with Gasteiger partial charge in [-0.3, -0.25) is 0 Å². The molecule has 0 aliphatic carbocycles. The molecule has 0 N–H and O–H groups in total. The van der Waals surface area contributed by atoms with Gasteiger partial charge in [0.25, 0.3) is 0 Å². The molecule has 1 rings (SSSR count). The number of unbranched alkanes of at least 4 members (excludes halogenated alkanes) is 2. The van der Waals surface area contributed by atoms with Gasteiger partial charge in [-0.2, -0.15) is 0 Å². The van der Waals surface area contributed by atoms with Gasteiger partial charge < -0.3 is 4.74 Å². The van der Waals surface area contributed by atoms with Crippen LogP contribution in [0.15, 0.2) is 29.3 Å². The van der Waals surface area contributed by atoms with Gasteiger partial charge in [-0.25, -0.2) is 0 Å². The summed E-state index contributed by atoms with van der Waals surface area (Å²) < 4.78 is 6.83. The van der Waals surface area contributed by atoms with E-state index in [0.29, 0.717) is 0 Å². The minimum Gasteiger partial charge on any atom is -0.493 e. The second-order valence-corrected chi connectivity index (χ2v) is 4.89. The Morgan fingerprint density at radius 2 is 2.12 bits per heavy atom. The Morgan fingerprint density at radius 1 is 1.38 bits per heavy atom. The van der Waals surface area contributed by atoms with Crippen molar-refractivity contribution in [1.82, 2.24) is 0 Å². The zero-order chi connectivity index (χ0) is 12.0. The van der Waals surface area contributed by atoms with Crippen LogP contribution in [0.2, 0.25) is 0 Å². The van der Waals surface area contributed by atoms with Crippen LogP contribution in [0.25, 0.3) is 5.57 Å². The molecule has 0 bridgehead atoms. The normalized spacial score (nSPS) is 10.2. The Bertz CT molecular complexity index is 358. The minimum absolute atomic E-state index is 0.782. The van der Waals surface area contributed by atoms with Crippen molar-refractivity contribution < 1.29 is 4.74 Å². The Labute approximate surface area is 107 Å². The summed E-state index contributed by atoms with van der Waals surface area (Å²) in [5.41, 5.74) is 2.14. The third-order valence-electron chi connectivity index (χ3n) is 2.41. The van der Waals surface area contributed by atoms with Crippen LogP contribution in [0, 0.1) is 0 Å². The third-order valence-corrected chi connectivity index (χ3v) is 2.90. The van der Waals surface area contributed by atoms with Gasteiger partial charge in [0.15, 0.2) is 0 Å². The lowest BCUT2D eigenvalue weighted by atomic mass is 10.1. The lowest BCUT2D eigenvalue weighted by Gasteiger charge is -2.11. The van der Waals surface area contributed by atoms with E-state index in [4.69, 9.17) is 4.74 Å². The Kier molecular flexibility index (Phi) is 5.61. The smallest absolute Gasteiger partial charge is 0.127 e. The van der Waals surface area contributed by atoms with Crippen LogP contribution in [0.4, 0.5) is 0 Å². The number of rotatable bonds is 6. The molecular weight excluding hydrogens is 264 g/mol. The van der Waals surface area contributed by atoms with E-state index in [-0.39, 0.29) is 0 Å². The molecule has 0 fully saturated rings. The molecule has 1 aromatic rings. The van der Waals surface area contributed by atoms with Gasteiger partial charge in [-0.1, -0.05) is 42.3 Å². The van der Waals surface area contributed by atoms with Crippen molar-refractivity contribution in [3.63, 3.8) is 0 Å². The predicted molar refractivity (Wildman–Crippen MR) is 73.9 cm³/mol. The second kappa shape index (κ2) is 6.74. The fraction of sp³-hybridized carbons (Fsp3) is 0.429. The van der Waals surface area contributed by atoms with Crippen LogP contribution in [0.1, 0.15) is 38.7 Å². The molecule has 0 atom stereocenters. The predicted octanol–water partition coefficient (Wildman–Crippen LogP) is 5.05. The Balaban J connectivity index is 2.68. The Hall–Kier alpha value is -0.760. The molecule has 0 unspecified atom stereocenters. The topological polar surface area (TPSA) is 9.23 Å². The highest BCUT2D eigenvalue weighted by Crippen LogP contribution is 2.28. The Morgan fingerprint density at radius 3 is 2.75 bits per heavy atom. The summed E-state index contributed by atoms with van der Waals surface area (Å²) in [6.07, 6.45) is 3.55. The summed E-state index contributed by atoms with van der Waals surface area (Å²) >= 11 is 3.46. The van der Waals surface area contributed by atoms with Crippen molar-refractivity contribution in [3.05, 3.63) is 34.8 Å². The van der Waals surface area contributed by atoms with Crippen LogP contribution in [-0.2, 0) is 0 Å². The van der Waals surface area contributed by atoms with Gasteiger partial charge in [0, 0.05) is 10.0 Å². The van der Waals surface area contributed by atoms with E-state index in [1.807, 2.05) is 25.1 Å². The van der Waals surface area contributed by atoms with Crippen LogP contribution in [-0.4, -0.2) is 6.61 Å². The van der Waals surface area contributed by atoms with E-state index in [1.165, 1.54) is 12.8 Å². The van der Waals surface area contributed by atoms with Gasteiger partial charge >= 0.3 is 0 Å². The van der Waals surface area contributed by atoms with E-state index in [1.54, 1.807) is 0 Å². The summed E-state index contributed by atoms with van der Waals surface area (Å²) in [6.45, 7) is 8.94. The highest BCUT2D eigenvalue weighted by atomic mass is 79.9. The molecule has 0 spiro atoms. The molecule has 1 aromatic carbocycles. The van der Waals surface area contributed by atoms with Crippen molar-refractivity contribution in [2.24, 2.45) is 0 Å². The first-order valence-corrected chi connectivity index (χ1v) is 6.52. The van der Waals surface area contributed by atoms with Gasteiger partial charge in [0.1, 0.15) is 5.75 Å². The number of ether oxygens (including phenoxy) is 1. The second-order valence-electron chi connectivity index (χ2n) is 3.98. The van der Waals surface area contributed by atoms with Crippen molar-refractivity contribution in [2.45, 2.75) is 33.1 Å². The van der Waals surface area contributed by atoms with Gasteiger partial charge in [0.2, 0.25) is 0 Å². The van der Waals surface area contributed by atoms with Gasteiger partial charge in [0.05, 0.1) is 6.61 Å². The first kappa shape index (κ1) is 13.3. The highest BCUT2D eigenvalue weighted by molar-refractivity contribution is 9.10. The first-order valence-electron chi connectivity index (χ1n) is 5.73. The molecule has 0 aliphatic rings. The number of benzene rings is 1. The average molecular weight is 283 g/mol. The zero-order valence-corrected chi connectivity index (χ0v) is 11.6. The van der Waals surface area contributed by atoms with Gasteiger partial charge in [-0.15, -0.1) is 0 Å². The molecule has 2 heteroatoms. The molecule has 16 heavy (non-hydrogen) atoms. The maximum absolute atomic E-state index is 5.79. The lowest BCUT2D eigenvalue weighted by Crippen LogP contribution is -1.99. The quantitative estimate of drug-likeness (QED) is 0.664. The van der Waals surface area contributed by atoms with E-state index in [0.717, 1.165) is 34.4 Å². The number of halogens is 1. The summed E-state index contributed by atoms with van der Waals surface area (Å²) in [7, 11) is 0. The van der Waals surface area contributed by atoms with E-state index < -0.39 is 0 Å². The fourth-order valence-corrected chi connectivity index (χ4v) is 1.84. The monoisotopic (exact) mass is 282 g/mol. The van der Waals surface area contributed by atoms with Crippen molar-refractivity contribution >= 4 is 21.5 Å². The molecule has 0 saturated carbocycles. The zero-order valence-electron chi connectivity index (χ0n) is 10.1. The van der Waals surface area contributed by atoms with Crippen LogP contribution < -0.4 is 4.74 Å². The van der Waals surface area contributed by atoms with E-state index >= 15 is 0 Å². The van der Waals surface area contributed by atoms with E-state index in [9.17, 15) is 0 Å². The van der Waals surface area contributed by atoms with Crippen molar-refractivity contribution in [1.29, 1.82) is 0 Å². The highest BCUT2D eigenvalue weighted by Gasteiger charge is 2.04. The summed E-state index contributed by atoms with van der Waals surface area (Å²) in [5, 5.41) is 0. The molecule has 0 amide bonds. The molecule has 0 aliphatic heterocycles. The van der Waals surface area contributed by atoms with Crippen molar-refractivity contribution in [2.75, 3.05) is 6.61 Å². The number of hydrogen-bond donors (Lipinski definition) is 0. The number of allylic oxidation sites excluding steroid dienone is 1. The SMILES string of the molecule is C=C(C)c1ccc(Br)cc1OCCCCC. The summed E-state index contributed by atoms with van der Waals surface area (Å²) in [6, 6.07) is 6.07. The van der Waals surface area contributed by atoms with Gasteiger partial charge in [-0.05, 0) is 37.1 Å². The number of hydrogen-bond acceptors (Lipinski definition) is 1. The van der Waals surface area contributed by atoms with Crippen molar-refractivity contribution in [3.8, 4) is 5.75 Å². The molecular formula is C14H19BrO. The summed E-state index contributed by atoms with van der Waals surface area (Å²) in [5.74, 6) is 0.929. The van der Waals surface area contributed by atoms with Crippen LogP contribution in [0.5, 0.6) is 5.75 Å². The van der Waals surface area contributed by atoms with E-state index in [2.05, 4.69) is 29.4 Å². The molecule has 0 radical (unpaired) electrons. The molecule has 88 valence electrons. The molecule has 0 saturated heterocycles. The maximum Gasteiger partial charge on any atom is 0.127 e. The minimum atomic E-state index is 0.782. The molecule has 0 aromatic heterocycles. The van der Waals surface area contributed by atoms with Crippen LogP contribution >= 0.6 is 15.9 Å². The van der Waals surface area contributed by atoms with Crippen LogP contribution in [0.3, 0.4) is 0 Å². The largest absolute Gasteiger partial charge is 0.493 e. The standard InChI is InChI=1S/C14H19BrO/c1-4-5-6-9-16-14-10-12(15)7-8-13(14)11(2)3/h7-8,10H,2,4-6,9H2,1,3H3. The maximum atomic E-state index is 5.79. The molecule has 1 nitrogen and oxygen atoms in total. The third kappa shape index (κ3) is 4.01. The lowest BCUT2D eigenvalue weighted by molar-refractivity contribution is 0.305. The average Bonchev–Trinajstić information content (AvgIpc) is 2.24. The fourth-order valence-electron chi connectivity index (χ4n) is 1.50. The summed E-state index contributed by atoms with van der Waals surface area (Å²) in [4.78, 5) is 0.